The summed E-state index contributed by atoms with van der Waals surface area (Å²) in [5.41, 5.74) is -0.671. The molecule has 9 heteroatoms. The van der Waals surface area contributed by atoms with E-state index in [4.69, 9.17) is 0 Å². The molecule has 3 rings (SSSR count). The third-order valence-electron chi connectivity index (χ3n) is 3.12. The summed E-state index contributed by atoms with van der Waals surface area (Å²) in [4.78, 5) is 16.0. The van der Waals surface area contributed by atoms with Crippen LogP contribution in [0.1, 0.15) is 15.9 Å². The molecule has 0 unspecified atom stereocenters. The highest BCUT2D eigenvalue weighted by Crippen LogP contribution is 2.34. The Morgan fingerprint density at radius 3 is 2.46 bits per heavy atom. The lowest BCUT2D eigenvalue weighted by Crippen LogP contribution is -2.12. The molecule has 1 heterocycles. The van der Waals surface area contributed by atoms with Gasteiger partial charge in [-0.25, -0.2) is 13.8 Å². The number of hydrogen-bond acceptors (Lipinski definition) is 3. The maximum absolute atomic E-state index is 13.1. The number of nitrogens with zero attached hydrogens (tertiary/aromatic N) is 1. The van der Waals surface area contributed by atoms with Gasteiger partial charge in [-0.05, 0) is 36.4 Å². The van der Waals surface area contributed by atoms with E-state index in [9.17, 15) is 26.7 Å². The standard InChI is InChI=1S/C15H7F5N2OS/c16-9-3-1-7(5-10(9)17)13(23)22-14-21-11-4-2-8(15(18,19)20)6-12(11)24-14/h1-6H,(H,21,22,23). The number of alkyl halides is 3. The van der Waals surface area contributed by atoms with Crippen molar-refractivity contribution < 1.29 is 26.7 Å². The largest absolute Gasteiger partial charge is 0.416 e. The molecule has 0 saturated carbocycles. The van der Waals surface area contributed by atoms with E-state index >= 15 is 0 Å². The fraction of sp³-hybridized carbons (Fsp3) is 0.0667. The minimum Gasteiger partial charge on any atom is -0.298 e. The van der Waals surface area contributed by atoms with Gasteiger partial charge in [0.2, 0.25) is 0 Å². The first-order valence-corrected chi connectivity index (χ1v) is 7.30. The number of benzene rings is 2. The first kappa shape index (κ1) is 16.3. The molecule has 1 N–H and O–H groups in total. The topological polar surface area (TPSA) is 42.0 Å². The predicted octanol–water partition coefficient (Wildman–Crippen LogP) is 4.85. The lowest BCUT2D eigenvalue weighted by Gasteiger charge is -2.04. The Labute approximate surface area is 135 Å². The monoisotopic (exact) mass is 358 g/mol. The van der Waals surface area contributed by atoms with E-state index in [1.54, 1.807) is 0 Å². The first-order valence-electron chi connectivity index (χ1n) is 6.48. The molecule has 0 aliphatic rings. The molecule has 124 valence electrons. The molecule has 0 atom stereocenters. The first-order chi connectivity index (χ1) is 11.2. The maximum atomic E-state index is 13.1. The van der Waals surface area contributed by atoms with Crippen LogP contribution in [0.15, 0.2) is 36.4 Å². The Morgan fingerprint density at radius 1 is 1.04 bits per heavy atom. The van der Waals surface area contributed by atoms with Crippen molar-refractivity contribution in [2.24, 2.45) is 0 Å². The van der Waals surface area contributed by atoms with Crippen LogP contribution in [-0.2, 0) is 6.18 Å². The second-order valence-corrected chi connectivity index (χ2v) is 5.81. The Kier molecular flexibility index (Phi) is 3.96. The highest BCUT2D eigenvalue weighted by atomic mass is 32.1. The fourth-order valence-electron chi connectivity index (χ4n) is 1.96. The van der Waals surface area contributed by atoms with E-state index in [0.717, 1.165) is 41.7 Å². The van der Waals surface area contributed by atoms with E-state index in [-0.39, 0.29) is 20.9 Å². The molecule has 0 bridgehead atoms. The summed E-state index contributed by atoms with van der Waals surface area (Å²) >= 11 is 0.847. The van der Waals surface area contributed by atoms with Crippen LogP contribution in [0, 0.1) is 11.6 Å². The summed E-state index contributed by atoms with van der Waals surface area (Å²) in [6.07, 6.45) is -4.48. The molecule has 0 fully saturated rings. The van der Waals surface area contributed by atoms with Crippen molar-refractivity contribution in [2.45, 2.75) is 6.18 Å². The predicted molar refractivity (Wildman–Crippen MR) is 78.9 cm³/mol. The molecule has 0 saturated heterocycles. The van der Waals surface area contributed by atoms with Gasteiger partial charge in [0.1, 0.15) is 0 Å². The van der Waals surface area contributed by atoms with Crippen molar-refractivity contribution in [3.63, 3.8) is 0 Å². The molecule has 0 aliphatic heterocycles. The molecule has 0 aliphatic carbocycles. The average Bonchev–Trinajstić information content (AvgIpc) is 2.90. The third-order valence-corrected chi connectivity index (χ3v) is 4.05. The van der Waals surface area contributed by atoms with Gasteiger partial charge in [0.25, 0.3) is 5.91 Å². The van der Waals surface area contributed by atoms with Crippen molar-refractivity contribution in [2.75, 3.05) is 5.32 Å². The minimum absolute atomic E-state index is 0.0547. The van der Waals surface area contributed by atoms with Crippen LogP contribution in [0.5, 0.6) is 0 Å². The zero-order chi connectivity index (χ0) is 17.5. The van der Waals surface area contributed by atoms with Gasteiger partial charge in [-0.1, -0.05) is 11.3 Å². The van der Waals surface area contributed by atoms with Crippen LogP contribution in [-0.4, -0.2) is 10.9 Å². The van der Waals surface area contributed by atoms with E-state index < -0.39 is 29.3 Å². The number of hydrogen-bond donors (Lipinski definition) is 1. The SMILES string of the molecule is O=C(Nc1nc2ccc(C(F)(F)F)cc2s1)c1ccc(F)c(F)c1. The Hall–Kier alpha value is -2.55. The van der Waals surface area contributed by atoms with Gasteiger partial charge < -0.3 is 0 Å². The highest BCUT2D eigenvalue weighted by Gasteiger charge is 2.30. The van der Waals surface area contributed by atoms with Crippen molar-refractivity contribution in [3.05, 3.63) is 59.2 Å². The second kappa shape index (κ2) is 5.82. The summed E-state index contributed by atoms with van der Waals surface area (Å²) in [6, 6.07) is 5.63. The maximum Gasteiger partial charge on any atom is 0.416 e. The summed E-state index contributed by atoms with van der Waals surface area (Å²) in [7, 11) is 0. The zero-order valence-corrected chi connectivity index (χ0v) is 12.4. The summed E-state index contributed by atoms with van der Waals surface area (Å²) in [6.45, 7) is 0. The van der Waals surface area contributed by atoms with E-state index in [2.05, 4.69) is 10.3 Å². The summed E-state index contributed by atoms with van der Waals surface area (Å²) in [5, 5.41) is 2.41. The second-order valence-electron chi connectivity index (χ2n) is 4.78. The van der Waals surface area contributed by atoms with Gasteiger partial charge in [-0.2, -0.15) is 13.2 Å². The van der Waals surface area contributed by atoms with E-state index in [1.165, 1.54) is 6.07 Å². The van der Waals surface area contributed by atoms with Crippen LogP contribution in [0.3, 0.4) is 0 Å². The number of rotatable bonds is 2. The van der Waals surface area contributed by atoms with Crippen LogP contribution in [0.25, 0.3) is 10.2 Å². The third kappa shape index (κ3) is 3.21. The molecule has 2 aromatic carbocycles. The van der Waals surface area contributed by atoms with Crippen LogP contribution >= 0.6 is 11.3 Å². The molecular formula is C15H7F5N2OS. The minimum atomic E-state index is -4.48. The highest BCUT2D eigenvalue weighted by molar-refractivity contribution is 7.22. The number of aromatic nitrogens is 1. The zero-order valence-electron chi connectivity index (χ0n) is 11.6. The lowest BCUT2D eigenvalue weighted by molar-refractivity contribution is -0.137. The molecule has 1 aromatic heterocycles. The van der Waals surface area contributed by atoms with Crippen molar-refractivity contribution in [1.29, 1.82) is 0 Å². The van der Waals surface area contributed by atoms with Gasteiger partial charge in [0, 0.05) is 5.56 Å². The number of anilines is 1. The van der Waals surface area contributed by atoms with Crippen LogP contribution in [0.2, 0.25) is 0 Å². The number of fused-ring (bicyclic) bond motifs is 1. The molecular weight excluding hydrogens is 351 g/mol. The summed E-state index contributed by atoms with van der Waals surface area (Å²) in [5.74, 6) is -3.02. The number of carbonyl (C=O) groups excluding carboxylic acids is 1. The number of carbonyl (C=O) groups is 1. The van der Waals surface area contributed by atoms with E-state index in [1.807, 2.05) is 0 Å². The number of thiazole rings is 1. The number of amides is 1. The smallest absolute Gasteiger partial charge is 0.298 e. The summed E-state index contributed by atoms with van der Waals surface area (Å²) < 4.78 is 64.2. The van der Waals surface area contributed by atoms with Gasteiger partial charge in [-0.3, -0.25) is 10.1 Å². The van der Waals surface area contributed by atoms with Crippen molar-refractivity contribution >= 4 is 32.6 Å². The Balaban J connectivity index is 1.87. The van der Waals surface area contributed by atoms with Crippen LogP contribution in [0.4, 0.5) is 27.1 Å². The van der Waals surface area contributed by atoms with Gasteiger partial charge in [0.15, 0.2) is 16.8 Å². The molecule has 3 aromatic rings. The molecule has 3 nitrogen and oxygen atoms in total. The van der Waals surface area contributed by atoms with Gasteiger partial charge >= 0.3 is 6.18 Å². The lowest BCUT2D eigenvalue weighted by atomic mass is 10.2. The molecule has 24 heavy (non-hydrogen) atoms. The number of nitrogens with one attached hydrogen (secondary N) is 1. The van der Waals surface area contributed by atoms with Crippen molar-refractivity contribution in [1.82, 2.24) is 4.98 Å². The normalized spacial score (nSPS) is 11.7. The molecule has 0 spiro atoms. The average molecular weight is 358 g/mol. The van der Waals surface area contributed by atoms with Gasteiger partial charge in [0.05, 0.1) is 15.8 Å². The van der Waals surface area contributed by atoms with Crippen molar-refractivity contribution in [3.8, 4) is 0 Å². The van der Waals surface area contributed by atoms with Gasteiger partial charge in [-0.15, -0.1) is 0 Å². The van der Waals surface area contributed by atoms with Crippen LogP contribution < -0.4 is 5.32 Å². The molecule has 0 radical (unpaired) electrons. The number of halogens is 5. The molecule has 1 amide bonds. The Bertz CT molecular complexity index is 935. The quantitative estimate of drug-likeness (QED) is 0.666. The fourth-order valence-corrected chi connectivity index (χ4v) is 2.86. The Morgan fingerprint density at radius 2 is 1.79 bits per heavy atom. The van der Waals surface area contributed by atoms with E-state index in [0.29, 0.717) is 0 Å².